The van der Waals surface area contributed by atoms with Crippen LogP contribution in [-0.2, 0) is 4.74 Å². The Kier molecular flexibility index (Phi) is 4.53. The van der Waals surface area contributed by atoms with Crippen LogP contribution in [0, 0.1) is 13.7 Å². The van der Waals surface area contributed by atoms with Crippen molar-refractivity contribution in [2.45, 2.75) is 0 Å². The molecule has 0 unspecified atom stereocenters. The molecule has 1 aromatic rings. The summed E-state index contributed by atoms with van der Waals surface area (Å²) in [7, 11) is 0. The molecule has 1 saturated heterocycles. The van der Waals surface area contributed by atoms with Gasteiger partial charge in [0.05, 0.1) is 21.7 Å². The maximum Gasteiger partial charge on any atom is 0.312 e. The largest absolute Gasteiger partial charge is 0.501 e. The third kappa shape index (κ3) is 3.12. The van der Waals surface area contributed by atoms with Gasteiger partial charge in [0.2, 0.25) is 5.75 Å². The highest BCUT2D eigenvalue weighted by Gasteiger charge is 2.22. The fraction of sp³-hybridized carbons (Fsp3) is 0.364. The quantitative estimate of drug-likeness (QED) is 0.358. The normalized spacial score (nSPS) is 15.3. The van der Waals surface area contributed by atoms with Gasteiger partial charge >= 0.3 is 5.69 Å². The molecular formula is C11H11IN2O4S. The average molecular weight is 394 g/mol. The monoisotopic (exact) mass is 394 g/mol. The molecule has 1 aromatic carbocycles. The first-order valence-corrected chi connectivity index (χ1v) is 7.03. The molecule has 0 bridgehead atoms. The number of nitro benzene ring substituents is 1. The minimum absolute atomic E-state index is 0.320. The summed E-state index contributed by atoms with van der Waals surface area (Å²) in [5, 5.41) is 20.5. The Hall–Kier alpha value is -1.00. The Labute approximate surface area is 128 Å². The van der Waals surface area contributed by atoms with Gasteiger partial charge < -0.3 is 14.7 Å². The number of nitrogens with zero attached hydrogens (tertiary/aromatic N) is 2. The molecule has 8 heteroatoms. The van der Waals surface area contributed by atoms with Gasteiger partial charge in [-0.15, -0.1) is 0 Å². The van der Waals surface area contributed by atoms with E-state index in [2.05, 4.69) is 0 Å². The van der Waals surface area contributed by atoms with Gasteiger partial charge in [0.25, 0.3) is 0 Å². The number of phenols is 1. The SMILES string of the molecule is O=[N+]([O-])c1cc(C(=S)N2CCOCC2)cc(I)c1O. The molecule has 2 rings (SSSR count). The van der Waals surface area contributed by atoms with Crippen molar-refractivity contribution in [3.8, 4) is 5.75 Å². The van der Waals surface area contributed by atoms with Crippen LogP contribution in [0.4, 0.5) is 5.69 Å². The van der Waals surface area contributed by atoms with E-state index in [-0.39, 0.29) is 11.4 Å². The zero-order valence-electron chi connectivity index (χ0n) is 9.84. The Morgan fingerprint density at radius 1 is 1.47 bits per heavy atom. The lowest BCUT2D eigenvalue weighted by atomic mass is 10.1. The zero-order valence-corrected chi connectivity index (χ0v) is 12.8. The minimum atomic E-state index is -0.608. The lowest BCUT2D eigenvalue weighted by molar-refractivity contribution is -0.386. The van der Waals surface area contributed by atoms with Crippen LogP contribution in [0.3, 0.4) is 0 Å². The Balaban J connectivity index is 2.34. The Morgan fingerprint density at radius 3 is 2.68 bits per heavy atom. The summed E-state index contributed by atoms with van der Waals surface area (Å²) < 4.78 is 5.65. The van der Waals surface area contributed by atoms with Crippen molar-refractivity contribution in [3.63, 3.8) is 0 Å². The number of benzene rings is 1. The van der Waals surface area contributed by atoms with Gasteiger partial charge in [-0.3, -0.25) is 10.1 Å². The molecule has 1 aliphatic heterocycles. The van der Waals surface area contributed by atoms with Gasteiger partial charge in [0.1, 0.15) is 4.99 Å². The Bertz CT molecular complexity index is 532. The van der Waals surface area contributed by atoms with Crippen molar-refractivity contribution in [2.75, 3.05) is 26.3 Å². The van der Waals surface area contributed by atoms with Gasteiger partial charge in [-0.2, -0.15) is 0 Å². The Morgan fingerprint density at radius 2 is 2.11 bits per heavy atom. The van der Waals surface area contributed by atoms with Crippen molar-refractivity contribution in [2.24, 2.45) is 0 Å². The summed E-state index contributed by atoms with van der Waals surface area (Å²) in [4.78, 5) is 12.8. The van der Waals surface area contributed by atoms with Crippen LogP contribution in [0.2, 0.25) is 0 Å². The molecule has 0 aromatic heterocycles. The van der Waals surface area contributed by atoms with E-state index < -0.39 is 4.92 Å². The highest BCUT2D eigenvalue weighted by Crippen LogP contribution is 2.32. The second-order valence-electron chi connectivity index (χ2n) is 3.99. The number of nitro groups is 1. The first-order valence-electron chi connectivity index (χ1n) is 5.54. The van der Waals surface area contributed by atoms with E-state index in [0.717, 1.165) is 0 Å². The number of morpholine rings is 1. The molecule has 0 atom stereocenters. The summed E-state index contributed by atoms with van der Waals surface area (Å²) in [6, 6.07) is 2.97. The smallest absolute Gasteiger partial charge is 0.312 e. The zero-order chi connectivity index (χ0) is 14.0. The van der Waals surface area contributed by atoms with Gasteiger partial charge in [0, 0.05) is 24.7 Å². The second kappa shape index (κ2) is 5.97. The molecule has 0 aliphatic carbocycles. The standard InChI is InChI=1S/C11H11IN2O4S/c12-8-5-7(6-9(10(8)15)14(16)17)11(19)13-1-3-18-4-2-13/h5-6,15H,1-4H2. The summed E-state index contributed by atoms with van der Waals surface area (Å²) in [5.41, 5.74) is 0.253. The van der Waals surface area contributed by atoms with Crippen LogP contribution in [0.1, 0.15) is 5.56 Å². The molecule has 102 valence electrons. The summed E-state index contributed by atoms with van der Waals surface area (Å²) >= 11 is 7.21. The minimum Gasteiger partial charge on any atom is -0.501 e. The van der Waals surface area contributed by atoms with E-state index in [9.17, 15) is 15.2 Å². The van der Waals surface area contributed by atoms with Crippen LogP contribution in [0.15, 0.2) is 12.1 Å². The molecule has 1 fully saturated rings. The molecule has 0 radical (unpaired) electrons. The van der Waals surface area contributed by atoms with Crippen molar-refractivity contribution >= 4 is 45.5 Å². The maximum absolute atomic E-state index is 10.9. The maximum atomic E-state index is 10.9. The summed E-state index contributed by atoms with van der Waals surface area (Å²) in [6.45, 7) is 2.53. The van der Waals surface area contributed by atoms with Crippen molar-refractivity contribution < 1.29 is 14.8 Å². The van der Waals surface area contributed by atoms with Crippen LogP contribution in [-0.4, -0.2) is 46.2 Å². The summed E-state index contributed by atoms with van der Waals surface area (Å²) in [6.07, 6.45) is 0. The number of halogens is 1. The molecule has 0 spiro atoms. The fourth-order valence-electron chi connectivity index (χ4n) is 1.80. The first-order chi connectivity index (χ1) is 9.00. The molecule has 6 nitrogen and oxygen atoms in total. The predicted molar refractivity (Wildman–Crippen MR) is 81.6 cm³/mol. The molecule has 1 heterocycles. The van der Waals surface area contributed by atoms with E-state index in [4.69, 9.17) is 17.0 Å². The van der Waals surface area contributed by atoms with E-state index in [0.29, 0.717) is 40.4 Å². The van der Waals surface area contributed by atoms with E-state index in [1.54, 1.807) is 6.07 Å². The number of aromatic hydroxyl groups is 1. The number of hydrogen-bond donors (Lipinski definition) is 1. The van der Waals surface area contributed by atoms with Gasteiger partial charge in [-0.25, -0.2) is 0 Å². The molecule has 0 amide bonds. The highest BCUT2D eigenvalue weighted by molar-refractivity contribution is 14.1. The number of ether oxygens (including phenoxy) is 1. The van der Waals surface area contributed by atoms with Gasteiger partial charge in [0.15, 0.2) is 0 Å². The predicted octanol–water partition coefficient (Wildman–Crippen LogP) is 1.91. The van der Waals surface area contributed by atoms with Crippen molar-refractivity contribution in [1.82, 2.24) is 4.90 Å². The van der Waals surface area contributed by atoms with E-state index in [1.165, 1.54) is 6.07 Å². The lowest BCUT2D eigenvalue weighted by Gasteiger charge is -2.29. The topological polar surface area (TPSA) is 75.8 Å². The van der Waals surface area contributed by atoms with Gasteiger partial charge in [-0.1, -0.05) is 12.2 Å². The number of thiocarbonyl (C=S) groups is 1. The lowest BCUT2D eigenvalue weighted by Crippen LogP contribution is -2.40. The molecule has 19 heavy (non-hydrogen) atoms. The third-order valence-electron chi connectivity index (χ3n) is 2.79. The number of hydrogen-bond acceptors (Lipinski definition) is 5. The van der Waals surface area contributed by atoms with Crippen molar-refractivity contribution in [1.29, 1.82) is 0 Å². The van der Waals surface area contributed by atoms with Crippen LogP contribution < -0.4 is 0 Å². The van der Waals surface area contributed by atoms with Crippen LogP contribution >= 0.6 is 34.8 Å². The van der Waals surface area contributed by atoms with E-state index in [1.807, 2.05) is 27.5 Å². The third-order valence-corrected chi connectivity index (χ3v) is 4.10. The number of rotatable bonds is 2. The molecule has 1 aliphatic rings. The number of phenolic OH excluding ortho intramolecular Hbond substituents is 1. The second-order valence-corrected chi connectivity index (χ2v) is 5.54. The van der Waals surface area contributed by atoms with Crippen molar-refractivity contribution in [3.05, 3.63) is 31.4 Å². The molecule has 1 N–H and O–H groups in total. The van der Waals surface area contributed by atoms with Crippen LogP contribution in [0.25, 0.3) is 0 Å². The van der Waals surface area contributed by atoms with Crippen LogP contribution in [0.5, 0.6) is 5.75 Å². The average Bonchev–Trinajstić information content (AvgIpc) is 2.41. The first kappa shape index (κ1) is 14.4. The molecule has 0 saturated carbocycles. The summed E-state index contributed by atoms with van der Waals surface area (Å²) in [5.74, 6) is -0.320. The van der Waals surface area contributed by atoms with E-state index >= 15 is 0 Å². The molecular weight excluding hydrogens is 383 g/mol. The fourth-order valence-corrected chi connectivity index (χ4v) is 2.71. The van der Waals surface area contributed by atoms with Gasteiger partial charge in [-0.05, 0) is 28.7 Å². The highest BCUT2D eigenvalue weighted by atomic mass is 127.